The van der Waals surface area contributed by atoms with Crippen molar-refractivity contribution in [3.63, 3.8) is 0 Å². The van der Waals surface area contributed by atoms with Crippen LogP contribution >= 0.6 is 0 Å². The maximum Gasteiger partial charge on any atom is 0.253 e. The van der Waals surface area contributed by atoms with Crippen LogP contribution in [-0.2, 0) is 30.5 Å². The van der Waals surface area contributed by atoms with Gasteiger partial charge in [-0.3, -0.25) is 0 Å². The van der Waals surface area contributed by atoms with Gasteiger partial charge in [-0.25, -0.2) is 16.8 Å². The molecule has 0 saturated heterocycles. The van der Waals surface area contributed by atoms with Crippen molar-refractivity contribution < 1.29 is 21.9 Å². The first-order valence-corrected chi connectivity index (χ1v) is 18.6. The fraction of sp³-hybridized carbons (Fsp3) is 0.710. The summed E-state index contributed by atoms with van der Waals surface area (Å²) < 4.78 is 53.2. The summed E-state index contributed by atoms with van der Waals surface area (Å²) in [5.41, 5.74) is 1.08. The van der Waals surface area contributed by atoms with Crippen LogP contribution in [0.25, 0.3) is 0 Å². The second kappa shape index (κ2) is 14.9. The Kier molecular flexibility index (Phi) is 12.8. The van der Waals surface area contributed by atoms with Gasteiger partial charge in [0.25, 0.3) is 10.3 Å². The quantitative estimate of drug-likeness (QED) is 0.144. The summed E-state index contributed by atoms with van der Waals surface area (Å²) in [5.74, 6) is -0.311. The van der Waals surface area contributed by atoms with Crippen molar-refractivity contribution in [1.29, 1.82) is 0 Å². The van der Waals surface area contributed by atoms with Crippen LogP contribution in [0.5, 0.6) is 5.75 Å². The molecular weight excluding hydrogens is 572 g/mol. The standard InChI is InChI=1S/C31H52N4O5S2/c1-9-11-13-15-17-19-41(37,38)28-33-27(34-29(35-28)42(39,40)20-18-16-14-12-10-2)32-23-21-24(30(3,4)5)26(36)25(22-23)31(6,7)8/h21-22,36H,9-20H2,1-8H3,(H,32,33,34,35). The van der Waals surface area contributed by atoms with Gasteiger partial charge in [-0.05, 0) is 35.8 Å². The van der Waals surface area contributed by atoms with Crippen LogP contribution in [0, 0.1) is 0 Å². The number of aromatic hydroxyl groups is 1. The maximum atomic E-state index is 13.3. The molecule has 2 N–H and O–H groups in total. The first-order valence-electron chi connectivity index (χ1n) is 15.3. The van der Waals surface area contributed by atoms with Gasteiger partial charge in [0.2, 0.25) is 25.6 Å². The van der Waals surface area contributed by atoms with E-state index < -0.39 is 40.8 Å². The largest absolute Gasteiger partial charge is 0.507 e. The van der Waals surface area contributed by atoms with Gasteiger partial charge in [0, 0.05) is 16.8 Å². The van der Waals surface area contributed by atoms with Crippen molar-refractivity contribution in [2.75, 3.05) is 16.8 Å². The van der Waals surface area contributed by atoms with Crippen LogP contribution in [-0.4, -0.2) is 48.4 Å². The van der Waals surface area contributed by atoms with Crippen molar-refractivity contribution in [2.45, 2.75) is 141 Å². The van der Waals surface area contributed by atoms with Gasteiger partial charge in [-0.1, -0.05) is 107 Å². The third-order valence-corrected chi connectivity index (χ3v) is 10.3. The Balaban J connectivity index is 2.57. The molecule has 0 aliphatic carbocycles. The van der Waals surface area contributed by atoms with Gasteiger partial charge < -0.3 is 10.4 Å². The van der Waals surface area contributed by atoms with Crippen LogP contribution in [0.4, 0.5) is 11.6 Å². The van der Waals surface area contributed by atoms with Crippen LogP contribution in [0.3, 0.4) is 0 Å². The SMILES string of the molecule is CCCCCCCS(=O)(=O)c1nc(Nc2cc(C(C)(C)C)c(O)c(C(C)(C)C)c2)nc(S(=O)(=O)CCCCCCC)n1. The van der Waals surface area contributed by atoms with E-state index >= 15 is 0 Å². The molecule has 0 atom stereocenters. The summed E-state index contributed by atoms with van der Waals surface area (Å²) in [4.78, 5) is 12.4. The molecule has 1 aromatic heterocycles. The minimum absolute atomic E-state index is 0.162. The van der Waals surface area contributed by atoms with E-state index in [2.05, 4.69) is 34.1 Å². The van der Waals surface area contributed by atoms with Gasteiger partial charge in [0.1, 0.15) is 5.75 Å². The summed E-state index contributed by atoms with van der Waals surface area (Å²) >= 11 is 0. The van der Waals surface area contributed by atoms with E-state index in [4.69, 9.17) is 0 Å². The molecule has 42 heavy (non-hydrogen) atoms. The number of unbranched alkanes of at least 4 members (excludes halogenated alkanes) is 8. The van der Waals surface area contributed by atoms with Gasteiger partial charge in [-0.2, -0.15) is 15.0 Å². The van der Waals surface area contributed by atoms with Crippen molar-refractivity contribution in [2.24, 2.45) is 0 Å². The van der Waals surface area contributed by atoms with Gasteiger partial charge >= 0.3 is 0 Å². The second-order valence-corrected chi connectivity index (χ2v) is 17.2. The molecule has 1 aromatic carbocycles. The van der Waals surface area contributed by atoms with E-state index in [-0.39, 0.29) is 23.2 Å². The zero-order valence-corrected chi connectivity index (χ0v) is 28.5. The molecule has 2 aromatic rings. The number of sulfone groups is 2. The Bertz CT molecular complexity index is 1300. The molecule has 238 valence electrons. The number of phenols is 1. The lowest BCUT2D eigenvalue weighted by Crippen LogP contribution is -2.20. The Labute approximate surface area is 254 Å². The zero-order valence-electron chi connectivity index (χ0n) is 26.9. The fourth-order valence-corrected chi connectivity index (χ4v) is 7.12. The van der Waals surface area contributed by atoms with Gasteiger partial charge in [0.15, 0.2) is 0 Å². The zero-order chi connectivity index (χ0) is 31.8. The smallest absolute Gasteiger partial charge is 0.253 e. The number of nitrogens with zero attached hydrogens (tertiary/aromatic N) is 3. The fourth-order valence-electron chi connectivity index (χ4n) is 4.63. The maximum absolute atomic E-state index is 13.3. The van der Waals surface area contributed by atoms with Crippen molar-refractivity contribution in [3.05, 3.63) is 23.3 Å². The van der Waals surface area contributed by atoms with Crippen molar-refractivity contribution in [3.8, 4) is 5.75 Å². The number of rotatable bonds is 16. The Hall–Kier alpha value is -2.27. The average Bonchev–Trinajstić information content (AvgIpc) is 2.87. The number of anilines is 2. The van der Waals surface area contributed by atoms with E-state index in [9.17, 15) is 21.9 Å². The lowest BCUT2D eigenvalue weighted by atomic mass is 9.79. The molecule has 0 radical (unpaired) electrons. The minimum atomic E-state index is -3.95. The molecule has 1 heterocycles. The highest BCUT2D eigenvalue weighted by molar-refractivity contribution is 7.91. The molecule has 0 fully saturated rings. The highest BCUT2D eigenvalue weighted by Gasteiger charge is 2.29. The Morgan fingerprint density at radius 1 is 0.643 bits per heavy atom. The average molecular weight is 625 g/mol. The molecule has 0 spiro atoms. The molecular formula is C31H52N4O5S2. The first kappa shape index (κ1) is 35.9. The molecule has 0 bridgehead atoms. The minimum Gasteiger partial charge on any atom is -0.507 e. The number of hydrogen-bond donors (Lipinski definition) is 2. The molecule has 0 saturated carbocycles. The number of phenolic OH excluding ortho intramolecular Hbond substituents is 1. The third-order valence-electron chi connectivity index (χ3n) is 7.17. The van der Waals surface area contributed by atoms with E-state index in [1.807, 2.05) is 41.5 Å². The highest BCUT2D eigenvalue weighted by Crippen LogP contribution is 2.41. The summed E-state index contributed by atoms with van der Waals surface area (Å²) in [6.45, 7) is 16.1. The van der Waals surface area contributed by atoms with E-state index in [1.165, 1.54) is 0 Å². The van der Waals surface area contributed by atoms with Crippen LogP contribution < -0.4 is 5.32 Å². The first-order chi connectivity index (χ1) is 19.4. The molecule has 9 nitrogen and oxygen atoms in total. The van der Waals surface area contributed by atoms with Crippen LogP contribution in [0.15, 0.2) is 22.4 Å². The summed E-state index contributed by atoms with van der Waals surface area (Å²) in [6, 6.07) is 3.52. The topological polar surface area (TPSA) is 139 Å². The van der Waals surface area contributed by atoms with Gasteiger partial charge in [0.05, 0.1) is 11.5 Å². The predicted octanol–water partition coefficient (Wildman–Crippen LogP) is 7.40. The molecule has 0 aliphatic heterocycles. The molecule has 2 rings (SSSR count). The normalized spacial score (nSPS) is 13.0. The van der Waals surface area contributed by atoms with Crippen molar-refractivity contribution >= 4 is 31.3 Å². The monoisotopic (exact) mass is 624 g/mol. The summed E-state index contributed by atoms with van der Waals surface area (Å²) in [6.07, 6.45) is 8.40. The predicted molar refractivity (Wildman–Crippen MR) is 170 cm³/mol. The van der Waals surface area contributed by atoms with E-state index in [0.717, 1.165) is 51.4 Å². The lowest BCUT2D eigenvalue weighted by molar-refractivity contribution is 0.423. The van der Waals surface area contributed by atoms with Gasteiger partial charge in [-0.15, -0.1) is 0 Å². The molecule has 0 unspecified atom stereocenters. The van der Waals surface area contributed by atoms with Crippen LogP contribution in [0.1, 0.15) is 131 Å². The Morgan fingerprint density at radius 2 is 1.02 bits per heavy atom. The third kappa shape index (κ3) is 10.5. The van der Waals surface area contributed by atoms with E-state index in [0.29, 0.717) is 29.7 Å². The number of hydrogen-bond acceptors (Lipinski definition) is 9. The molecule has 11 heteroatoms. The van der Waals surface area contributed by atoms with E-state index in [1.54, 1.807) is 12.1 Å². The number of nitrogens with one attached hydrogen (secondary N) is 1. The Morgan fingerprint density at radius 3 is 1.38 bits per heavy atom. The highest BCUT2D eigenvalue weighted by atomic mass is 32.2. The molecule has 0 amide bonds. The summed E-state index contributed by atoms with van der Waals surface area (Å²) in [5, 5.41) is 13.1. The lowest BCUT2D eigenvalue weighted by Gasteiger charge is -2.28. The van der Waals surface area contributed by atoms with Crippen LogP contribution in [0.2, 0.25) is 0 Å². The molecule has 0 aliphatic rings. The number of benzene rings is 1. The summed E-state index contributed by atoms with van der Waals surface area (Å²) in [7, 11) is -7.91. The second-order valence-electron chi connectivity index (χ2n) is 13.2. The van der Waals surface area contributed by atoms with Crippen molar-refractivity contribution in [1.82, 2.24) is 15.0 Å². The number of aromatic nitrogens is 3.